The maximum absolute atomic E-state index is 12.6. The predicted octanol–water partition coefficient (Wildman–Crippen LogP) is 7.12. The monoisotopic (exact) mass is 754 g/mol. The highest BCUT2D eigenvalue weighted by Crippen LogP contribution is 2.56. The fraction of sp³-hybridized carbons (Fsp3) is 0.478. The zero-order valence-electron chi connectivity index (χ0n) is 32.8. The molecule has 55 heavy (non-hydrogen) atoms. The third kappa shape index (κ3) is 6.99. The Balaban J connectivity index is 1.33. The summed E-state index contributed by atoms with van der Waals surface area (Å²) >= 11 is 0. The summed E-state index contributed by atoms with van der Waals surface area (Å²) in [6.45, 7) is 7.98. The van der Waals surface area contributed by atoms with Crippen LogP contribution in [0.15, 0.2) is 48.5 Å². The van der Waals surface area contributed by atoms with Gasteiger partial charge >= 0.3 is 0 Å². The van der Waals surface area contributed by atoms with Crippen molar-refractivity contribution in [3.8, 4) is 23.0 Å². The third-order valence-electron chi connectivity index (χ3n) is 13.7. The van der Waals surface area contributed by atoms with Gasteiger partial charge in [-0.05, 0) is 167 Å². The molecule has 9 N–H and O–H groups in total. The first-order valence-electron chi connectivity index (χ1n) is 19.5. The van der Waals surface area contributed by atoms with E-state index in [1.165, 1.54) is 0 Å². The molecule has 2 aliphatic carbocycles. The Bertz CT molecular complexity index is 1780. The Kier molecular flexibility index (Phi) is 11.4. The summed E-state index contributed by atoms with van der Waals surface area (Å²) in [5.74, 6) is 0.198. The molecule has 0 bridgehead atoms. The molecule has 2 fully saturated rings. The van der Waals surface area contributed by atoms with E-state index in [1.807, 2.05) is 83.1 Å². The maximum atomic E-state index is 12.6. The molecule has 0 saturated heterocycles. The van der Waals surface area contributed by atoms with Gasteiger partial charge in [0.15, 0.2) is 0 Å². The lowest BCUT2D eigenvalue weighted by Crippen LogP contribution is -2.49. The molecular formula is C46H58O9. The van der Waals surface area contributed by atoms with Crippen molar-refractivity contribution >= 4 is 0 Å². The first kappa shape index (κ1) is 40.5. The summed E-state index contributed by atoms with van der Waals surface area (Å²) in [4.78, 5) is 0. The smallest absolute Gasteiger partial charge is 0.124 e. The van der Waals surface area contributed by atoms with Gasteiger partial charge in [-0.15, -0.1) is 0 Å². The lowest BCUT2D eigenvalue weighted by Gasteiger charge is -2.51. The molecule has 9 nitrogen and oxygen atoms in total. The lowest BCUT2D eigenvalue weighted by molar-refractivity contribution is -0.0847. The van der Waals surface area contributed by atoms with Crippen LogP contribution in [-0.2, 0) is 37.3 Å². The van der Waals surface area contributed by atoms with E-state index in [2.05, 4.69) is 0 Å². The van der Waals surface area contributed by atoms with Crippen LogP contribution in [0.3, 0.4) is 0 Å². The number of aryl methyl sites for hydroxylation is 4. The van der Waals surface area contributed by atoms with Gasteiger partial charge in [-0.25, -0.2) is 0 Å². The molecule has 9 heteroatoms. The second-order valence-electron chi connectivity index (χ2n) is 16.8. The Morgan fingerprint density at radius 3 is 0.873 bits per heavy atom. The first-order chi connectivity index (χ1) is 26.1. The molecule has 0 amide bonds. The van der Waals surface area contributed by atoms with Crippen molar-refractivity contribution in [3.63, 3.8) is 0 Å². The number of benzene rings is 4. The molecule has 2 aliphatic rings. The van der Waals surface area contributed by atoms with Crippen molar-refractivity contribution in [1.29, 1.82) is 0 Å². The van der Waals surface area contributed by atoms with Gasteiger partial charge in [0.1, 0.15) is 23.0 Å². The van der Waals surface area contributed by atoms with E-state index in [1.54, 1.807) is 0 Å². The SMILES string of the molecule is Cc1cc(C2(c3cc(C)c(O)c(CO)c3)CCC(C(C)(O)C3CCC(c4cc(C)c(O)c(CO)c4)(c4cc(C)c(O)c(CO)c4)CC3)CC2)cc(CO)c1O. The van der Waals surface area contributed by atoms with Crippen LogP contribution in [0.1, 0.15) is 125 Å². The number of hydrogen-bond donors (Lipinski definition) is 9. The van der Waals surface area contributed by atoms with E-state index in [0.717, 1.165) is 22.3 Å². The number of aliphatic hydroxyl groups excluding tert-OH is 4. The van der Waals surface area contributed by atoms with Crippen LogP contribution in [-0.4, -0.2) is 51.6 Å². The van der Waals surface area contributed by atoms with Crippen LogP contribution in [0.4, 0.5) is 0 Å². The summed E-state index contributed by atoms with van der Waals surface area (Å²) in [6, 6.07) is 15.3. The average molecular weight is 755 g/mol. The average Bonchev–Trinajstić information content (AvgIpc) is 3.18. The zero-order valence-corrected chi connectivity index (χ0v) is 32.8. The normalized spacial score (nSPS) is 17.8. The number of phenols is 4. The van der Waals surface area contributed by atoms with Crippen molar-refractivity contribution in [2.75, 3.05) is 0 Å². The van der Waals surface area contributed by atoms with Crippen LogP contribution < -0.4 is 0 Å². The minimum atomic E-state index is -1.01. The number of hydrogen-bond acceptors (Lipinski definition) is 9. The van der Waals surface area contributed by atoms with Crippen LogP contribution in [0, 0.1) is 39.5 Å². The topological polar surface area (TPSA) is 182 Å². The van der Waals surface area contributed by atoms with Crippen molar-refractivity contribution in [1.82, 2.24) is 0 Å². The zero-order chi connectivity index (χ0) is 40.0. The minimum Gasteiger partial charge on any atom is -0.507 e. The molecule has 4 aromatic carbocycles. The standard InChI is InChI=1S/C46H58O9/c1-26-14-36(18-30(22-47)40(26)51)45(37-15-27(2)41(52)31(19-37)23-48)10-6-34(7-11-45)44(5,55)35-8-12-46(13-9-35,38-16-28(3)42(53)32(20-38)24-49)39-17-29(4)43(54)33(21-39)25-50/h14-21,34-35,47-55H,6-13,22-25H2,1-5H3. The molecule has 4 aromatic rings. The third-order valence-corrected chi connectivity index (χ3v) is 13.7. The molecule has 0 unspecified atom stereocenters. The highest BCUT2D eigenvalue weighted by atomic mass is 16.3. The second kappa shape index (κ2) is 15.4. The number of rotatable bonds is 10. The molecule has 2 saturated carbocycles. The second-order valence-corrected chi connectivity index (χ2v) is 16.8. The molecule has 0 aromatic heterocycles. The Hall–Kier alpha value is -4.12. The van der Waals surface area contributed by atoms with E-state index in [-0.39, 0.29) is 61.3 Å². The van der Waals surface area contributed by atoms with Crippen LogP contribution in [0.5, 0.6) is 23.0 Å². The van der Waals surface area contributed by atoms with Crippen LogP contribution in [0.25, 0.3) is 0 Å². The summed E-state index contributed by atoms with van der Waals surface area (Å²) in [7, 11) is 0. The van der Waals surface area contributed by atoms with Gasteiger partial charge in [-0.1, -0.05) is 24.3 Å². The van der Waals surface area contributed by atoms with Gasteiger partial charge < -0.3 is 46.0 Å². The van der Waals surface area contributed by atoms with Crippen molar-refractivity contribution in [3.05, 3.63) is 115 Å². The van der Waals surface area contributed by atoms with E-state index in [4.69, 9.17) is 0 Å². The van der Waals surface area contributed by atoms with Crippen LogP contribution in [0.2, 0.25) is 0 Å². The van der Waals surface area contributed by atoms with Gasteiger partial charge in [0.25, 0.3) is 0 Å². The summed E-state index contributed by atoms with van der Waals surface area (Å²) in [6.07, 6.45) is 5.47. The number of aromatic hydroxyl groups is 4. The Morgan fingerprint density at radius 2 is 0.673 bits per heavy atom. The van der Waals surface area contributed by atoms with Gasteiger partial charge in [-0.2, -0.15) is 0 Å². The summed E-state index contributed by atoms with van der Waals surface area (Å²) < 4.78 is 0. The van der Waals surface area contributed by atoms with E-state index < -0.39 is 16.4 Å². The molecule has 6 rings (SSSR count). The molecule has 0 heterocycles. The molecule has 0 aliphatic heterocycles. The minimum absolute atomic E-state index is 0.0296. The predicted molar refractivity (Wildman–Crippen MR) is 211 cm³/mol. The fourth-order valence-electron chi connectivity index (χ4n) is 10.2. The van der Waals surface area contributed by atoms with E-state index >= 15 is 0 Å². The van der Waals surface area contributed by atoms with Crippen molar-refractivity contribution in [2.24, 2.45) is 11.8 Å². The Morgan fingerprint density at radius 1 is 0.455 bits per heavy atom. The quantitative estimate of drug-likeness (QED) is 0.0815. The highest BCUT2D eigenvalue weighted by Gasteiger charge is 2.50. The van der Waals surface area contributed by atoms with Gasteiger partial charge in [-0.3, -0.25) is 0 Å². The number of aliphatic hydroxyl groups is 5. The van der Waals surface area contributed by atoms with E-state index in [9.17, 15) is 46.0 Å². The molecule has 0 radical (unpaired) electrons. The van der Waals surface area contributed by atoms with E-state index in [0.29, 0.717) is 95.9 Å². The van der Waals surface area contributed by atoms with Crippen molar-refractivity contribution < 1.29 is 46.0 Å². The molecule has 0 spiro atoms. The maximum Gasteiger partial charge on any atom is 0.124 e. The van der Waals surface area contributed by atoms with Crippen LogP contribution >= 0.6 is 0 Å². The van der Waals surface area contributed by atoms with Gasteiger partial charge in [0.05, 0.1) is 32.0 Å². The largest absolute Gasteiger partial charge is 0.507 e. The Labute approximate surface area is 324 Å². The summed E-state index contributed by atoms with van der Waals surface area (Å²) in [5.41, 5.74) is 6.05. The lowest BCUT2D eigenvalue weighted by atomic mass is 9.55. The highest BCUT2D eigenvalue weighted by molar-refractivity contribution is 5.54. The molecule has 296 valence electrons. The van der Waals surface area contributed by atoms with Gasteiger partial charge in [0.2, 0.25) is 0 Å². The van der Waals surface area contributed by atoms with Crippen molar-refractivity contribution in [2.45, 2.75) is 129 Å². The molecular weight excluding hydrogens is 696 g/mol. The molecule has 0 atom stereocenters. The van der Waals surface area contributed by atoms with Gasteiger partial charge in [0, 0.05) is 33.1 Å². The summed E-state index contributed by atoms with van der Waals surface area (Å²) in [5, 5.41) is 96.1. The fourth-order valence-corrected chi connectivity index (χ4v) is 10.2. The first-order valence-corrected chi connectivity index (χ1v) is 19.5.